The highest BCUT2D eigenvalue weighted by Crippen LogP contribution is 2.14. The third kappa shape index (κ3) is 6.79. The van der Waals surface area contributed by atoms with Gasteiger partial charge in [0.05, 0.1) is 0 Å². The van der Waals surface area contributed by atoms with Crippen molar-refractivity contribution in [1.29, 1.82) is 0 Å². The van der Waals surface area contributed by atoms with Crippen LogP contribution in [0, 0.1) is 6.92 Å². The summed E-state index contributed by atoms with van der Waals surface area (Å²) in [5.74, 6) is -0.308. The molecule has 0 aromatic heterocycles. The fourth-order valence-corrected chi connectivity index (χ4v) is 1.65. The van der Waals surface area contributed by atoms with Gasteiger partial charge < -0.3 is 14.8 Å². The van der Waals surface area contributed by atoms with Gasteiger partial charge in [0.15, 0.2) is 12.7 Å². The summed E-state index contributed by atoms with van der Waals surface area (Å²) in [4.78, 5) is 23.3. The number of rotatable bonds is 5. The van der Waals surface area contributed by atoms with Crippen LogP contribution in [-0.4, -0.2) is 30.1 Å². The number of ether oxygens (including phenoxy) is 2. The van der Waals surface area contributed by atoms with Crippen LogP contribution >= 0.6 is 0 Å². The Hall–Kier alpha value is -2.04. The SMILES string of the molecule is Cc1cccc(O[C@@H](C)C(=O)OCC(=O)NC(C)(C)C)c1. The van der Waals surface area contributed by atoms with Gasteiger partial charge in [0.1, 0.15) is 5.75 Å². The Balaban J connectivity index is 2.43. The number of aryl methyl sites for hydroxylation is 1. The zero-order chi connectivity index (χ0) is 16.0. The number of carbonyl (C=O) groups is 2. The molecule has 5 heteroatoms. The number of carbonyl (C=O) groups excluding carboxylic acids is 2. The van der Waals surface area contributed by atoms with Crippen LogP contribution in [0.5, 0.6) is 5.75 Å². The van der Waals surface area contributed by atoms with Crippen LogP contribution in [0.2, 0.25) is 0 Å². The van der Waals surface area contributed by atoms with Gasteiger partial charge in [0, 0.05) is 5.54 Å². The first-order valence-corrected chi connectivity index (χ1v) is 6.88. The summed E-state index contributed by atoms with van der Waals surface area (Å²) in [5, 5.41) is 2.71. The highest BCUT2D eigenvalue weighted by atomic mass is 16.6. The molecule has 0 radical (unpaired) electrons. The van der Waals surface area contributed by atoms with Gasteiger partial charge in [-0.25, -0.2) is 4.79 Å². The van der Waals surface area contributed by atoms with E-state index >= 15 is 0 Å². The third-order valence-corrected chi connectivity index (χ3v) is 2.49. The quantitative estimate of drug-likeness (QED) is 0.845. The second kappa shape index (κ2) is 7.11. The summed E-state index contributed by atoms with van der Waals surface area (Å²) < 4.78 is 10.4. The van der Waals surface area contributed by atoms with E-state index in [1.165, 1.54) is 0 Å². The highest BCUT2D eigenvalue weighted by Gasteiger charge is 2.19. The van der Waals surface area contributed by atoms with Crippen LogP contribution in [0.3, 0.4) is 0 Å². The summed E-state index contributed by atoms with van der Waals surface area (Å²) in [5.41, 5.74) is 0.685. The monoisotopic (exact) mass is 293 g/mol. The first kappa shape index (κ1) is 17.0. The molecular formula is C16H23NO4. The maximum atomic E-state index is 11.8. The summed E-state index contributed by atoms with van der Waals surface area (Å²) >= 11 is 0. The van der Waals surface area contributed by atoms with Crippen molar-refractivity contribution in [1.82, 2.24) is 5.32 Å². The molecule has 0 fully saturated rings. The average molecular weight is 293 g/mol. The van der Waals surface area contributed by atoms with Gasteiger partial charge in [-0.05, 0) is 52.3 Å². The van der Waals surface area contributed by atoms with Gasteiger partial charge in [0.25, 0.3) is 5.91 Å². The van der Waals surface area contributed by atoms with Crippen molar-refractivity contribution in [3.05, 3.63) is 29.8 Å². The lowest BCUT2D eigenvalue weighted by Gasteiger charge is -2.20. The van der Waals surface area contributed by atoms with E-state index in [9.17, 15) is 9.59 Å². The van der Waals surface area contributed by atoms with Gasteiger partial charge in [-0.3, -0.25) is 4.79 Å². The van der Waals surface area contributed by atoms with E-state index in [2.05, 4.69) is 5.32 Å². The summed E-state index contributed by atoms with van der Waals surface area (Å²) in [6.45, 7) is 8.79. The Labute approximate surface area is 125 Å². The van der Waals surface area contributed by atoms with Gasteiger partial charge in [-0.15, -0.1) is 0 Å². The van der Waals surface area contributed by atoms with E-state index in [0.717, 1.165) is 5.56 Å². The third-order valence-electron chi connectivity index (χ3n) is 2.49. The van der Waals surface area contributed by atoms with Crippen molar-refractivity contribution < 1.29 is 19.1 Å². The molecule has 1 atom stereocenters. The minimum Gasteiger partial charge on any atom is -0.479 e. The Kier molecular flexibility index (Phi) is 5.76. The molecule has 0 aliphatic heterocycles. The Bertz CT molecular complexity index is 505. The van der Waals surface area contributed by atoms with E-state index in [1.807, 2.05) is 45.9 Å². The molecule has 0 aliphatic rings. The van der Waals surface area contributed by atoms with Crippen LogP contribution < -0.4 is 10.1 Å². The van der Waals surface area contributed by atoms with E-state index < -0.39 is 12.1 Å². The number of amides is 1. The standard InChI is InChI=1S/C16H23NO4/c1-11-7-6-8-13(9-11)21-12(2)15(19)20-10-14(18)17-16(3,4)5/h6-9,12H,10H2,1-5H3,(H,17,18)/t12-/m0/s1. The van der Waals surface area contributed by atoms with Crippen molar-refractivity contribution in [2.45, 2.75) is 46.3 Å². The molecular weight excluding hydrogens is 270 g/mol. The average Bonchev–Trinajstić information content (AvgIpc) is 2.33. The largest absolute Gasteiger partial charge is 0.479 e. The number of esters is 1. The van der Waals surface area contributed by atoms with Crippen LogP contribution in [-0.2, 0) is 14.3 Å². The van der Waals surface area contributed by atoms with Crippen LogP contribution in [0.1, 0.15) is 33.3 Å². The van der Waals surface area contributed by atoms with E-state index in [0.29, 0.717) is 5.75 Å². The smallest absolute Gasteiger partial charge is 0.347 e. The molecule has 1 aromatic rings. The normalized spacial score (nSPS) is 12.4. The topological polar surface area (TPSA) is 64.6 Å². The highest BCUT2D eigenvalue weighted by molar-refractivity contribution is 5.82. The van der Waals surface area contributed by atoms with Crippen LogP contribution in [0.25, 0.3) is 0 Å². The molecule has 1 aromatic carbocycles. The first-order chi connectivity index (χ1) is 9.67. The summed E-state index contributed by atoms with van der Waals surface area (Å²) in [6.07, 6.45) is -0.769. The van der Waals surface area contributed by atoms with Crippen molar-refractivity contribution in [2.24, 2.45) is 0 Å². The summed E-state index contributed by atoms with van der Waals surface area (Å²) in [6, 6.07) is 7.38. The zero-order valence-electron chi connectivity index (χ0n) is 13.2. The van der Waals surface area contributed by atoms with E-state index in [1.54, 1.807) is 13.0 Å². The molecule has 0 heterocycles. The maximum Gasteiger partial charge on any atom is 0.347 e. The van der Waals surface area contributed by atoms with Gasteiger partial charge in [0.2, 0.25) is 0 Å². The molecule has 0 aliphatic carbocycles. The van der Waals surface area contributed by atoms with Gasteiger partial charge in [-0.2, -0.15) is 0 Å². The lowest BCUT2D eigenvalue weighted by atomic mass is 10.1. The Morgan fingerprint density at radius 1 is 1.29 bits per heavy atom. The molecule has 0 spiro atoms. The number of hydrogen-bond donors (Lipinski definition) is 1. The van der Waals surface area contributed by atoms with Crippen molar-refractivity contribution >= 4 is 11.9 Å². The second-order valence-corrected chi connectivity index (χ2v) is 5.98. The Morgan fingerprint density at radius 2 is 1.95 bits per heavy atom. The minimum atomic E-state index is -0.769. The predicted molar refractivity (Wildman–Crippen MR) is 80.1 cm³/mol. The lowest BCUT2D eigenvalue weighted by Crippen LogP contribution is -2.43. The van der Waals surface area contributed by atoms with Gasteiger partial charge in [-0.1, -0.05) is 12.1 Å². The zero-order valence-corrected chi connectivity index (χ0v) is 13.2. The van der Waals surface area contributed by atoms with E-state index in [4.69, 9.17) is 9.47 Å². The minimum absolute atomic E-state index is 0.308. The predicted octanol–water partition coefficient (Wildman–Crippen LogP) is 2.22. The number of nitrogens with one attached hydrogen (secondary N) is 1. The molecule has 1 rings (SSSR count). The molecule has 1 N–H and O–H groups in total. The second-order valence-electron chi connectivity index (χ2n) is 5.98. The molecule has 0 saturated heterocycles. The molecule has 0 bridgehead atoms. The molecule has 5 nitrogen and oxygen atoms in total. The number of hydrogen-bond acceptors (Lipinski definition) is 4. The first-order valence-electron chi connectivity index (χ1n) is 6.88. The lowest BCUT2D eigenvalue weighted by molar-refractivity contribution is -0.155. The van der Waals surface area contributed by atoms with Crippen molar-refractivity contribution in [3.63, 3.8) is 0 Å². The molecule has 0 saturated carbocycles. The fourth-order valence-electron chi connectivity index (χ4n) is 1.65. The van der Waals surface area contributed by atoms with E-state index in [-0.39, 0.29) is 18.1 Å². The Morgan fingerprint density at radius 3 is 2.52 bits per heavy atom. The molecule has 116 valence electrons. The molecule has 1 amide bonds. The summed E-state index contributed by atoms with van der Waals surface area (Å²) in [7, 11) is 0. The molecule has 0 unspecified atom stereocenters. The van der Waals surface area contributed by atoms with Crippen LogP contribution in [0.15, 0.2) is 24.3 Å². The molecule has 21 heavy (non-hydrogen) atoms. The fraction of sp³-hybridized carbons (Fsp3) is 0.500. The van der Waals surface area contributed by atoms with Crippen LogP contribution in [0.4, 0.5) is 0 Å². The van der Waals surface area contributed by atoms with Crippen molar-refractivity contribution in [3.8, 4) is 5.75 Å². The van der Waals surface area contributed by atoms with Crippen molar-refractivity contribution in [2.75, 3.05) is 6.61 Å². The van der Waals surface area contributed by atoms with Gasteiger partial charge >= 0.3 is 5.97 Å². The maximum absolute atomic E-state index is 11.8. The number of benzene rings is 1.